The number of rotatable bonds is 7. The van der Waals surface area contributed by atoms with Crippen molar-refractivity contribution in [3.63, 3.8) is 0 Å². The van der Waals surface area contributed by atoms with Gasteiger partial charge in [0.2, 0.25) is 5.88 Å². The van der Waals surface area contributed by atoms with E-state index >= 15 is 0 Å². The van der Waals surface area contributed by atoms with Crippen LogP contribution in [-0.2, 0) is 4.74 Å². The van der Waals surface area contributed by atoms with E-state index in [2.05, 4.69) is 11.9 Å². The third-order valence-electron chi connectivity index (χ3n) is 2.25. The van der Waals surface area contributed by atoms with Crippen LogP contribution in [0.3, 0.4) is 0 Å². The number of hydrogen-bond acceptors (Lipinski definition) is 4. The third kappa shape index (κ3) is 4.85. The smallest absolute Gasteiger partial charge is 0.339 e. The predicted molar refractivity (Wildman–Crippen MR) is 65.2 cm³/mol. The quantitative estimate of drug-likeness (QED) is 0.540. The number of hydrogen-bond donors (Lipinski definition) is 0. The molecular formula is C13H19NO3. The van der Waals surface area contributed by atoms with Gasteiger partial charge in [-0.05, 0) is 19.4 Å². The van der Waals surface area contributed by atoms with Gasteiger partial charge in [-0.15, -0.1) is 0 Å². The Kier molecular flexibility index (Phi) is 6.07. The van der Waals surface area contributed by atoms with Crippen molar-refractivity contribution in [2.24, 2.45) is 0 Å². The lowest BCUT2D eigenvalue weighted by molar-refractivity contribution is 0.0526. The molecule has 17 heavy (non-hydrogen) atoms. The fourth-order valence-corrected chi connectivity index (χ4v) is 1.33. The first-order chi connectivity index (χ1) is 8.27. The van der Waals surface area contributed by atoms with E-state index in [1.54, 1.807) is 19.1 Å². The summed E-state index contributed by atoms with van der Waals surface area (Å²) in [5, 5.41) is 0. The minimum absolute atomic E-state index is 0.350. The highest BCUT2D eigenvalue weighted by molar-refractivity contribution is 5.89. The van der Waals surface area contributed by atoms with Crippen LogP contribution in [0.15, 0.2) is 18.3 Å². The van der Waals surface area contributed by atoms with E-state index < -0.39 is 0 Å². The van der Waals surface area contributed by atoms with Crippen LogP contribution in [0, 0.1) is 0 Å². The molecule has 1 aromatic heterocycles. The maximum atomic E-state index is 11.4. The van der Waals surface area contributed by atoms with Gasteiger partial charge in [0.1, 0.15) is 0 Å². The highest BCUT2D eigenvalue weighted by Gasteiger charge is 2.06. The molecule has 0 unspecified atom stereocenters. The standard InChI is InChI=1S/C13H19NO3/c1-3-5-6-9-17-12-8-7-11(10-14-12)13(15)16-4-2/h7-8,10H,3-6,9H2,1-2H3. The molecule has 1 aromatic rings. The van der Waals surface area contributed by atoms with E-state index in [1.807, 2.05) is 0 Å². The van der Waals surface area contributed by atoms with Crippen molar-refractivity contribution >= 4 is 5.97 Å². The molecule has 0 saturated heterocycles. The number of ether oxygens (including phenoxy) is 2. The summed E-state index contributed by atoms with van der Waals surface area (Å²) in [6.07, 6.45) is 4.82. The zero-order chi connectivity index (χ0) is 12.5. The Morgan fingerprint density at radius 1 is 1.29 bits per heavy atom. The van der Waals surface area contributed by atoms with E-state index in [9.17, 15) is 4.79 Å². The molecule has 0 spiro atoms. The molecule has 0 amide bonds. The SMILES string of the molecule is CCCCCOc1ccc(C(=O)OCC)cn1. The van der Waals surface area contributed by atoms with Crippen molar-refractivity contribution < 1.29 is 14.3 Å². The zero-order valence-corrected chi connectivity index (χ0v) is 10.4. The number of unbranched alkanes of at least 4 members (excludes halogenated alkanes) is 2. The van der Waals surface area contributed by atoms with Crippen LogP contribution in [0.1, 0.15) is 43.5 Å². The van der Waals surface area contributed by atoms with Gasteiger partial charge in [0, 0.05) is 12.3 Å². The Morgan fingerprint density at radius 3 is 2.71 bits per heavy atom. The van der Waals surface area contributed by atoms with Crippen LogP contribution >= 0.6 is 0 Å². The topological polar surface area (TPSA) is 48.4 Å². The van der Waals surface area contributed by atoms with E-state index in [0.717, 1.165) is 12.8 Å². The molecule has 0 fully saturated rings. The van der Waals surface area contributed by atoms with Crippen LogP contribution in [0.2, 0.25) is 0 Å². The molecule has 0 radical (unpaired) electrons. The van der Waals surface area contributed by atoms with Crippen LogP contribution < -0.4 is 4.74 Å². The van der Waals surface area contributed by atoms with Crippen molar-refractivity contribution in [3.8, 4) is 5.88 Å². The van der Waals surface area contributed by atoms with Gasteiger partial charge in [-0.2, -0.15) is 0 Å². The van der Waals surface area contributed by atoms with E-state index in [1.165, 1.54) is 12.6 Å². The largest absolute Gasteiger partial charge is 0.478 e. The molecule has 0 atom stereocenters. The number of carbonyl (C=O) groups excluding carboxylic acids is 1. The first-order valence-electron chi connectivity index (χ1n) is 6.04. The average Bonchev–Trinajstić information content (AvgIpc) is 2.36. The summed E-state index contributed by atoms with van der Waals surface area (Å²) in [4.78, 5) is 15.4. The summed E-state index contributed by atoms with van der Waals surface area (Å²) in [6.45, 7) is 4.95. The van der Waals surface area contributed by atoms with Crippen LogP contribution in [0.4, 0.5) is 0 Å². The Morgan fingerprint density at radius 2 is 2.12 bits per heavy atom. The highest BCUT2D eigenvalue weighted by atomic mass is 16.5. The molecule has 0 aliphatic rings. The number of esters is 1. The van der Waals surface area contributed by atoms with Gasteiger partial charge in [0.05, 0.1) is 18.8 Å². The molecule has 4 heteroatoms. The maximum Gasteiger partial charge on any atom is 0.339 e. The Labute approximate surface area is 102 Å². The van der Waals surface area contributed by atoms with Gasteiger partial charge < -0.3 is 9.47 Å². The third-order valence-corrected chi connectivity index (χ3v) is 2.25. The van der Waals surface area contributed by atoms with Gasteiger partial charge in [-0.3, -0.25) is 0 Å². The van der Waals surface area contributed by atoms with E-state index in [0.29, 0.717) is 24.7 Å². The Bertz CT molecular complexity index is 335. The molecule has 0 saturated carbocycles. The molecule has 4 nitrogen and oxygen atoms in total. The first kappa shape index (κ1) is 13.5. The number of aromatic nitrogens is 1. The normalized spacial score (nSPS) is 10.0. The second-order valence-corrected chi connectivity index (χ2v) is 3.66. The number of nitrogens with zero attached hydrogens (tertiary/aromatic N) is 1. The molecular weight excluding hydrogens is 218 g/mol. The Balaban J connectivity index is 2.42. The maximum absolute atomic E-state index is 11.4. The lowest BCUT2D eigenvalue weighted by Crippen LogP contribution is -2.05. The van der Waals surface area contributed by atoms with E-state index in [-0.39, 0.29) is 5.97 Å². The number of carbonyl (C=O) groups is 1. The summed E-state index contributed by atoms with van der Waals surface area (Å²) >= 11 is 0. The second-order valence-electron chi connectivity index (χ2n) is 3.66. The summed E-state index contributed by atoms with van der Waals surface area (Å²) < 4.78 is 10.3. The molecule has 1 heterocycles. The molecule has 0 aliphatic carbocycles. The van der Waals surface area contributed by atoms with Crippen molar-refractivity contribution in [1.29, 1.82) is 0 Å². The summed E-state index contributed by atoms with van der Waals surface area (Å²) in [5.74, 6) is 0.201. The predicted octanol–water partition coefficient (Wildman–Crippen LogP) is 2.83. The van der Waals surface area contributed by atoms with Crippen molar-refractivity contribution in [1.82, 2.24) is 4.98 Å². The average molecular weight is 237 g/mol. The molecule has 94 valence electrons. The lowest BCUT2D eigenvalue weighted by Gasteiger charge is -2.05. The van der Waals surface area contributed by atoms with Gasteiger partial charge in [-0.25, -0.2) is 9.78 Å². The summed E-state index contributed by atoms with van der Waals surface area (Å²) in [5.41, 5.74) is 0.452. The van der Waals surface area contributed by atoms with Crippen LogP contribution in [-0.4, -0.2) is 24.2 Å². The monoisotopic (exact) mass is 237 g/mol. The van der Waals surface area contributed by atoms with Crippen molar-refractivity contribution in [3.05, 3.63) is 23.9 Å². The first-order valence-corrected chi connectivity index (χ1v) is 6.04. The zero-order valence-electron chi connectivity index (χ0n) is 10.4. The van der Waals surface area contributed by atoms with Crippen molar-refractivity contribution in [2.45, 2.75) is 33.1 Å². The van der Waals surface area contributed by atoms with Crippen LogP contribution in [0.5, 0.6) is 5.88 Å². The summed E-state index contributed by atoms with van der Waals surface area (Å²) in [6, 6.07) is 3.36. The minimum Gasteiger partial charge on any atom is -0.478 e. The van der Waals surface area contributed by atoms with E-state index in [4.69, 9.17) is 9.47 Å². The van der Waals surface area contributed by atoms with Gasteiger partial charge >= 0.3 is 5.97 Å². The minimum atomic E-state index is -0.350. The molecule has 0 aromatic carbocycles. The van der Waals surface area contributed by atoms with Crippen molar-refractivity contribution in [2.75, 3.05) is 13.2 Å². The fourth-order valence-electron chi connectivity index (χ4n) is 1.33. The second kappa shape index (κ2) is 7.65. The highest BCUT2D eigenvalue weighted by Crippen LogP contribution is 2.09. The van der Waals surface area contributed by atoms with Crippen LogP contribution in [0.25, 0.3) is 0 Å². The lowest BCUT2D eigenvalue weighted by atomic mass is 10.3. The molecule has 0 N–H and O–H groups in total. The fraction of sp³-hybridized carbons (Fsp3) is 0.538. The number of pyridine rings is 1. The molecule has 0 aliphatic heterocycles. The molecule has 1 rings (SSSR count). The Hall–Kier alpha value is -1.58. The van der Waals surface area contributed by atoms with Gasteiger partial charge in [0.15, 0.2) is 0 Å². The molecule has 0 bridgehead atoms. The van der Waals surface area contributed by atoms with Gasteiger partial charge in [-0.1, -0.05) is 19.8 Å². The summed E-state index contributed by atoms with van der Waals surface area (Å²) in [7, 11) is 0. The van der Waals surface area contributed by atoms with Gasteiger partial charge in [0.25, 0.3) is 0 Å².